The number of hydrogen-bond donors (Lipinski definition) is 1. The molecule has 19 heavy (non-hydrogen) atoms. The average Bonchev–Trinajstić information content (AvgIpc) is 2.86. The van der Waals surface area contributed by atoms with Crippen molar-refractivity contribution in [1.29, 1.82) is 0 Å². The van der Waals surface area contributed by atoms with E-state index in [1.807, 2.05) is 6.92 Å². The lowest BCUT2D eigenvalue weighted by Gasteiger charge is -2.16. The van der Waals surface area contributed by atoms with Gasteiger partial charge in [-0.3, -0.25) is 10.1 Å². The van der Waals surface area contributed by atoms with Crippen molar-refractivity contribution in [2.75, 3.05) is 0 Å². The molecule has 1 heterocycles. The van der Waals surface area contributed by atoms with E-state index in [1.165, 1.54) is 4.68 Å². The predicted molar refractivity (Wildman–Crippen MR) is 70.1 cm³/mol. The molecular formula is C12H20N4O3. The zero-order valence-electron chi connectivity index (χ0n) is 11.3. The van der Waals surface area contributed by atoms with E-state index < -0.39 is 4.92 Å². The number of nitrogens with zero attached hydrogens (tertiary/aromatic N) is 3. The van der Waals surface area contributed by atoms with E-state index in [2.05, 4.69) is 5.10 Å². The van der Waals surface area contributed by atoms with Crippen LogP contribution in [-0.2, 0) is 13.5 Å². The van der Waals surface area contributed by atoms with Gasteiger partial charge >= 0.3 is 5.69 Å². The Kier molecular flexibility index (Phi) is 4.04. The first-order valence-electron chi connectivity index (χ1n) is 6.67. The van der Waals surface area contributed by atoms with Crippen LogP contribution in [0, 0.1) is 10.1 Å². The number of aryl methyl sites for hydroxylation is 2. The van der Waals surface area contributed by atoms with Crippen LogP contribution in [0.15, 0.2) is 0 Å². The van der Waals surface area contributed by atoms with E-state index in [0.717, 1.165) is 25.7 Å². The van der Waals surface area contributed by atoms with Crippen molar-refractivity contribution in [2.24, 2.45) is 12.8 Å². The van der Waals surface area contributed by atoms with Gasteiger partial charge in [0.2, 0.25) is 0 Å². The van der Waals surface area contributed by atoms with Gasteiger partial charge in [-0.15, -0.1) is 0 Å². The largest absolute Gasteiger partial charge is 0.468 e. The fourth-order valence-electron chi connectivity index (χ4n) is 2.52. The number of nitro groups is 1. The Morgan fingerprint density at radius 1 is 1.58 bits per heavy atom. The molecule has 2 N–H and O–H groups in total. The summed E-state index contributed by atoms with van der Waals surface area (Å²) >= 11 is 0. The third-order valence-electron chi connectivity index (χ3n) is 3.48. The minimum absolute atomic E-state index is 0.0107. The van der Waals surface area contributed by atoms with Crippen LogP contribution in [0.3, 0.4) is 0 Å². The molecule has 1 saturated carbocycles. The molecule has 1 aliphatic carbocycles. The zero-order chi connectivity index (χ0) is 14.0. The van der Waals surface area contributed by atoms with Crippen molar-refractivity contribution in [3.63, 3.8) is 0 Å². The van der Waals surface area contributed by atoms with Gasteiger partial charge in [-0.25, -0.2) is 4.68 Å². The van der Waals surface area contributed by atoms with E-state index in [1.54, 1.807) is 7.05 Å². The quantitative estimate of drug-likeness (QED) is 0.645. The monoisotopic (exact) mass is 268 g/mol. The molecule has 0 aliphatic heterocycles. The van der Waals surface area contributed by atoms with Crippen LogP contribution < -0.4 is 10.5 Å². The molecule has 7 heteroatoms. The van der Waals surface area contributed by atoms with Crippen LogP contribution in [0.4, 0.5) is 5.69 Å². The normalized spacial score (nSPS) is 22.7. The molecule has 0 radical (unpaired) electrons. The molecule has 0 amide bonds. The summed E-state index contributed by atoms with van der Waals surface area (Å²) in [7, 11) is 1.67. The molecule has 0 saturated heterocycles. The second-order valence-corrected chi connectivity index (χ2v) is 4.98. The van der Waals surface area contributed by atoms with Gasteiger partial charge in [-0.1, -0.05) is 13.3 Å². The lowest BCUT2D eigenvalue weighted by atomic mass is 10.2. The lowest BCUT2D eigenvalue weighted by molar-refractivity contribution is -0.386. The van der Waals surface area contributed by atoms with Gasteiger partial charge in [0.25, 0.3) is 5.88 Å². The second kappa shape index (κ2) is 5.56. The summed E-state index contributed by atoms with van der Waals surface area (Å²) in [6.45, 7) is 1.96. The van der Waals surface area contributed by atoms with Crippen molar-refractivity contribution >= 4 is 5.69 Å². The molecule has 106 valence electrons. The topological polar surface area (TPSA) is 96.2 Å². The predicted octanol–water partition coefficient (Wildman–Crippen LogP) is 1.54. The first kappa shape index (κ1) is 13.8. The highest BCUT2D eigenvalue weighted by molar-refractivity contribution is 5.46. The summed E-state index contributed by atoms with van der Waals surface area (Å²) in [5, 5.41) is 15.4. The van der Waals surface area contributed by atoms with E-state index in [0.29, 0.717) is 12.1 Å². The number of ether oxygens (including phenoxy) is 1. The van der Waals surface area contributed by atoms with E-state index in [9.17, 15) is 10.1 Å². The second-order valence-electron chi connectivity index (χ2n) is 4.98. The third-order valence-corrected chi connectivity index (χ3v) is 3.48. The average molecular weight is 268 g/mol. The van der Waals surface area contributed by atoms with Gasteiger partial charge in [0.05, 0.1) is 4.92 Å². The Balaban J connectivity index is 2.30. The maximum Gasteiger partial charge on any atom is 0.353 e. The van der Waals surface area contributed by atoms with Crippen molar-refractivity contribution in [3.05, 3.63) is 15.8 Å². The molecule has 0 spiro atoms. The van der Waals surface area contributed by atoms with E-state index in [-0.39, 0.29) is 23.7 Å². The Morgan fingerprint density at radius 2 is 2.32 bits per heavy atom. The first-order chi connectivity index (χ1) is 9.04. The minimum atomic E-state index is -0.409. The Bertz CT molecular complexity index is 472. The Labute approximate surface area is 111 Å². The van der Waals surface area contributed by atoms with Gasteiger partial charge in [-0.2, -0.15) is 5.10 Å². The summed E-state index contributed by atoms with van der Waals surface area (Å²) in [4.78, 5) is 10.8. The maximum absolute atomic E-state index is 11.2. The van der Waals surface area contributed by atoms with Gasteiger partial charge in [-0.05, 0) is 25.7 Å². The standard InChI is InChI=1S/C12H20N4O3/c1-3-5-9-11(16(17)18)12(15(2)14-9)19-10-7-4-6-8(10)13/h8,10H,3-7,13H2,1-2H3. The zero-order valence-corrected chi connectivity index (χ0v) is 11.3. The number of nitrogens with two attached hydrogens (primary N) is 1. The van der Waals surface area contributed by atoms with Gasteiger partial charge < -0.3 is 10.5 Å². The van der Waals surface area contributed by atoms with E-state index in [4.69, 9.17) is 10.5 Å². The highest BCUT2D eigenvalue weighted by Gasteiger charge is 2.33. The maximum atomic E-state index is 11.2. The van der Waals surface area contributed by atoms with Crippen LogP contribution in [-0.4, -0.2) is 26.8 Å². The molecule has 2 atom stereocenters. The number of aromatic nitrogens is 2. The molecule has 1 aromatic heterocycles. The van der Waals surface area contributed by atoms with Crippen molar-refractivity contribution < 1.29 is 9.66 Å². The van der Waals surface area contributed by atoms with Gasteiger partial charge in [0.15, 0.2) is 0 Å². The summed E-state index contributed by atoms with van der Waals surface area (Å²) < 4.78 is 7.22. The summed E-state index contributed by atoms with van der Waals surface area (Å²) in [5.41, 5.74) is 6.42. The third kappa shape index (κ3) is 2.70. The number of rotatable bonds is 5. The SMILES string of the molecule is CCCc1nn(C)c(OC2CCCC2N)c1[N+](=O)[O-]. The van der Waals surface area contributed by atoms with Crippen LogP contribution in [0.25, 0.3) is 0 Å². The van der Waals surface area contributed by atoms with Crippen LogP contribution in [0.1, 0.15) is 38.3 Å². The highest BCUT2D eigenvalue weighted by atomic mass is 16.6. The molecule has 1 aliphatic rings. The summed E-state index contributed by atoms with van der Waals surface area (Å²) in [6.07, 6.45) is 3.97. The fraction of sp³-hybridized carbons (Fsp3) is 0.750. The summed E-state index contributed by atoms with van der Waals surface area (Å²) in [6, 6.07) is -0.0517. The molecule has 1 fully saturated rings. The molecular weight excluding hydrogens is 248 g/mol. The molecule has 2 rings (SSSR count). The van der Waals surface area contributed by atoms with Crippen molar-refractivity contribution in [2.45, 2.75) is 51.2 Å². The molecule has 7 nitrogen and oxygen atoms in total. The van der Waals surface area contributed by atoms with Crippen molar-refractivity contribution in [1.82, 2.24) is 9.78 Å². The van der Waals surface area contributed by atoms with Crippen LogP contribution in [0.2, 0.25) is 0 Å². The Morgan fingerprint density at radius 3 is 2.84 bits per heavy atom. The Hall–Kier alpha value is -1.63. The molecule has 2 unspecified atom stereocenters. The van der Waals surface area contributed by atoms with Gasteiger partial charge in [0.1, 0.15) is 11.8 Å². The smallest absolute Gasteiger partial charge is 0.353 e. The van der Waals surface area contributed by atoms with Crippen LogP contribution in [0.5, 0.6) is 5.88 Å². The molecule has 1 aromatic rings. The first-order valence-corrected chi connectivity index (χ1v) is 6.67. The molecule has 0 aromatic carbocycles. The molecule has 0 bridgehead atoms. The fourth-order valence-corrected chi connectivity index (χ4v) is 2.52. The van der Waals surface area contributed by atoms with E-state index >= 15 is 0 Å². The number of hydrogen-bond acceptors (Lipinski definition) is 5. The van der Waals surface area contributed by atoms with Crippen molar-refractivity contribution in [3.8, 4) is 5.88 Å². The summed E-state index contributed by atoms with van der Waals surface area (Å²) in [5.74, 6) is 0.232. The minimum Gasteiger partial charge on any atom is -0.468 e. The highest BCUT2D eigenvalue weighted by Crippen LogP contribution is 2.34. The van der Waals surface area contributed by atoms with Gasteiger partial charge in [0, 0.05) is 13.1 Å². The van der Waals surface area contributed by atoms with Crippen LogP contribution >= 0.6 is 0 Å². The lowest BCUT2D eigenvalue weighted by Crippen LogP contribution is -2.34.